The smallest absolute Gasteiger partial charge is 0.393 e. The van der Waals surface area contributed by atoms with E-state index in [-0.39, 0.29) is 5.69 Å². The van der Waals surface area contributed by atoms with Gasteiger partial charge in [-0.15, -0.1) is 0 Å². The van der Waals surface area contributed by atoms with Crippen molar-refractivity contribution in [1.29, 1.82) is 0 Å². The van der Waals surface area contributed by atoms with Gasteiger partial charge in [0.2, 0.25) is 0 Å². The highest BCUT2D eigenvalue weighted by Gasteiger charge is 2.30. The molecule has 0 atom stereocenters. The lowest BCUT2D eigenvalue weighted by molar-refractivity contribution is -0.137. The zero-order valence-corrected chi connectivity index (χ0v) is 16.9. The molecule has 0 unspecified atom stereocenters. The summed E-state index contributed by atoms with van der Waals surface area (Å²) in [6.07, 6.45) is 0.0710. The predicted molar refractivity (Wildman–Crippen MR) is 116 cm³/mol. The van der Waals surface area contributed by atoms with Crippen LogP contribution in [0.2, 0.25) is 0 Å². The SMILES string of the molecule is Nc1c(Nc2cccc(C(F)(F)F)c2)ncnc1N1CCC(Cc2ccccc2)CC1. The fraction of sp³-hybridized carbons (Fsp3) is 0.304. The molecule has 1 saturated heterocycles. The Labute approximate surface area is 179 Å². The van der Waals surface area contributed by atoms with Gasteiger partial charge in [0.05, 0.1) is 5.56 Å². The van der Waals surface area contributed by atoms with Crippen LogP contribution in [0.5, 0.6) is 0 Å². The van der Waals surface area contributed by atoms with Gasteiger partial charge in [0.15, 0.2) is 11.6 Å². The third-order valence-corrected chi connectivity index (χ3v) is 5.60. The molecule has 1 aliphatic rings. The highest BCUT2D eigenvalue weighted by atomic mass is 19.4. The zero-order valence-electron chi connectivity index (χ0n) is 16.9. The minimum atomic E-state index is -4.41. The Balaban J connectivity index is 1.44. The van der Waals surface area contributed by atoms with E-state index >= 15 is 0 Å². The van der Waals surface area contributed by atoms with E-state index in [2.05, 4.69) is 44.5 Å². The molecule has 2 aromatic carbocycles. The van der Waals surface area contributed by atoms with E-state index < -0.39 is 11.7 Å². The van der Waals surface area contributed by atoms with Crippen LogP contribution in [0.15, 0.2) is 60.9 Å². The summed E-state index contributed by atoms with van der Waals surface area (Å²) < 4.78 is 38.9. The van der Waals surface area contributed by atoms with E-state index in [4.69, 9.17) is 5.73 Å². The lowest BCUT2D eigenvalue weighted by Crippen LogP contribution is -2.35. The zero-order chi connectivity index (χ0) is 21.8. The van der Waals surface area contributed by atoms with Crippen molar-refractivity contribution in [3.05, 3.63) is 72.1 Å². The molecule has 4 rings (SSSR count). The van der Waals surface area contributed by atoms with Crippen LogP contribution in [-0.4, -0.2) is 23.1 Å². The van der Waals surface area contributed by atoms with E-state index in [1.54, 1.807) is 6.07 Å². The van der Waals surface area contributed by atoms with Crippen LogP contribution in [-0.2, 0) is 12.6 Å². The third-order valence-electron chi connectivity index (χ3n) is 5.60. The van der Waals surface area contributed by atoms with Crippen molar-refractivity contribution in [2.24, 2.45) is 5.92 Å². The van der Waals surface area contributed by atoms with Crippen LogP contribution in [0.25, 0.3) is 0 Å². The second-order valence-corrected chi connectivity index (χ2v) is 7.78. The van der Waals surface area contributed by atoms with Gasteiger partial charge in [0, 0.05) is 18.8 Å². The molecule has 0 bridgehead atoms. The highest BCUT2D eigenvalue weighted by Crippen LogP contribution is 2.34. The average Bonchev–Trinajstić information content (AvgIpc) is 2.76. The molecule has 0 saturated carbocycles. The second kappa shape index (κ2) is 8.83. The first-order chi connectivity index (χ1) is 14.9. The number of alkyl halides is 3. The number of hydrogen-bond donors (Lipinski definition) is 2. The number of nitrogens with zero attached hydrogens (tertiary/aromatic N) is 3. The standard InChI is InChI=1S/C23H24F3N5/c24-23(25,26)18-7-4-8-19(14-18)30-21-20(27)22(29-15-28-21)31-11-9-17(10-12-31)13-16-5-2-1-3-6-16/h1-8,14-15,17H,9-13,27H2,(H,28,29,30). The number of nitrogens with two attached hydrogens (primary N) is 1. The fourth-order valence-corrected chi connectivity index (χ4v) is 3.94. The number of aromatic nitrogens is 2. The van der Waals surface area contributed by atoms with Crippen LogP contribution < -0.4 is 16.0 Å². The summed E-state index contributed by atoms with van der Waals surface area (Å²) in [5.74, 6) is 1.52. The summed E-state index contributed by atoms with van der Waals surface area (Å²) in [7, 11) is 0. The maximum absolute atomic E-state index is 13.0. The van der Waals surface area contributed by atoms with Crippen LogP contribution in [0.3, 0.4) is 0 Å². The van der Waals surface area contributed by atoms with Crippen LogP contribution in [0, 0.1) is 5.92 Å². The number of rotatable bonds is 5. The van der Waals surface area contributed by atoms with Crippen molar-refractivity contribution in [1.82, 2.24) is 9.97 Å². The lowest BCUT2D eigenvalue weighted by Gasteiger charge is -2.33. The van der Waals surface area contributed by atoms with Crippen molar-refractivity contribution in [2.75, 3.05) is 29.0 Å². The van der Waals surface area contributed by atoms with E-state index in [1.165, 1.54) is 18.0 Å². The molecule has 8 heteroatoms. The number of anilines is 4. The molecule has 0 aliphatic carbocycles. The van der Waals surface area contributed by atoms with Gasteiger partial charge in [-0.1, -0.05) is 36.4 Å². The number of nitrogen functional groups attached to an aromatic ring is 1. The second-order valence-electron chi connectivity index (χ2n) is 7.78. The summed E-state index contributed by atoms with van der Waals surface area (Å²) in [6, 6.07) is 15.4. The maximum atomic E-state index is 13.0. The molecule has 0 amide bonds. The van der Waals surface area contributed by atoms with E-state index in [9.17, 15) is 13.2 Å². The van der Waals surface area contributed by atoms with E-state index in [1.807, 2.05) is 6.07 Å². The summed E-state index contributed by atoms with van der Waals surface area (Å²) in [6.45, 7) is 1.64. The van der Waals surface area contributed by atoms with E-state index in [0.29, 0.717) is 23.2 Å². The minimum absolute atomic E-state index is 0.271. The van der Waals surface area contributed by atoms with Crippen LogP contribution in [0.1, 0.15) is 24.0 Å². The first kappa shape index (κ1) is 21.0. The summed E-state index contributed by atoms with van der Waals surface area (Å²) in [5, 5.41) is 2.90. The first-order valence-corrected chi connectivity index (χ1v) is 10.2. The Kier molecular flexibility index (Phi) is 5.97. The number of halogens is 3. The lowest BCUT2D eigenvalue weighted by atomic mass is 9.90. The van der Waals surface area contributed by atoms with Crippen molar-refractivity contribution in [3.8, 4) is 0 Å². The van der Waals surface area contributed by atoms with Gasteiger partial charge in [-0.2, -0.15) is 13.2 Å². The van der Waals surface area contributed by atoms with Gasteiger partial charge >= 0.3 is 6.18 Å². The number of hydrogen-bond acceptors (Lipinski definition) is 5. The van der Waals surface area contributed by atoms with Crippen molar-refractivity contribution < 1.29 is 13.2 Å². The monoisotopic (exact) mass is 427 g/mol. The molecular weight excluding hydrogens is 403 g/mol. The number of piperidine rings is 1. The Hall–Kier alpha value is -3.29. The van der Waals surface area contributed by atoms with Crippen LogP contribution >= 0.6 is 0 Å². The molecule has 1 aliphatic heterocycles. The normalized spacial score (nSPS) is 15.1. The average molecular weight is 427 g/mol. The molecule has 3 aromatic rings. The predicted octanol–water partition coefficient (Wildman–Crippen LogP) is 5.28. The Bertz CT molecular complexity index is 1020. The van der Waals surface area contributed by atoms with Gasteiger partial charge in [-0.05, 0) is 48.9 Å². The highest BCUT2D eigenvalue weighted by molar-refractivity contribution is 5.78. The van der Waals surface area contributed by atoms with Gasteiger partial charge in [0.25, 0.3) is 0 Å². The van der Waals surface area contributed by atoms with Crippen molar-refractivity contribution in [3.63, 3.8) is 0 Å². The molecule has 0 spiro atoms. The topological polar surface area (TPSA) is 67.1 Å². The largest absolute Gasteiger partial charge is 0.416 e. The Morgan fingerprint density at radius 2 is 1.74 bits per heavy atom. The molecule has 1 fully saturated rings. The summed E-state index contributed by atoms with van der Waals surface area (Å²) in [4.78, 5) is 10.6. The molecule has 3 N–H and O–H groups in total. The molecule has 1 aromatic heterocycles. The van der Waals surface area contributed by atoms with Crippen molar-refractivity contribution in [2.45, 2.75) is 25.4 Å². The van der Waals surface area contributed by atoms with Crippen molar-refractivity contribution >= 4 is 23.0 Å². The molecule has 2 heterocycles. The molecule has 5 nitrogen and oxygen atoms in total. The quantitative estimate of drug-likeness (QED) is 0.580. The number of nitrogens with one attached hydrogen (secondary N) is 1. The third kappa shape index (κ3) is 5.07. The summed E-state index contributed by atoms with van der Waals surface area (Å²) >= 11 is 0. The molecule has 0 radical (unpaired) electrons. The van der Waals surface area contributed by atoms with Gasteiger partial charge in [0.1, 0.15) is 12.0 Å². The molecular formula is C23H24F3N5. The molecule has 162 valence electrons. The molecule has 31 heavy (non-hydrogen) atoms. The fourth-order valence-electron chi connectivity index (χ4n) is 3.94. The maximum Gasteiger partial charge on any atom is 0.416 e. The van der Waals surface area contributed by atoms with Crippen LogP contribution in [0.4, 0.5) is 36.2 Å². The summed E-state index contributed by atoms with van der Waals surface area (Å²) in [5.41, 5.74) is 7.51. The Morgan fingerprint density at radius 1 is 1.00 bits per heavy atom. The first-order valence-electron chi connectivity index (χ1n) is 10.2. The van der Waals surface area contributed by atoms with Gasteiger partial charge < -0.3 is 16.0 Å². The number of benzene rings is 2. The van der Waals surface area contributed by atoms with Gasteiger partial charge in [-0.25, -0.2) is 9.97 Å². The van der Waals surface area contributed by atoms with Gasteiger partial charge in [-0.3, -0.25) is 0 Å². The minimum Gasteiger partial charge on any atom is -0.393 e. The Morgan fingerprint density at radius 3 is 2.45 bits per heavy atom. The van der Waals surface area contributed by atoms with E-state index in [0.717, 1.165) is 44.5 Å².